The van der Waals surface area contributed by atoms with Crippen LogP contribution in [0.2, 0.25) is 5.02 Å². The molecular weight excluding hydrogens is 408 g/mol. The molecule has 1 amide bonds. The Hall–Kier alpha value is -1.99. The Balaban J connectivity index is 1.69. The van der Waals surface area contributed by atoms with E-state index >= 15 is 4.39 Å². The molecule has 0 atom stereocenters. The molecule has 1 saturated carbocycles. The van der Waals surface area contributed by atoms with E-state index in [1.165, 1.54) is 18.2 Å². The van der Waals surface area contributed by atoms with Crippen molar-refractivity contribution in [1.29, 1.82) is 0 Å². The second-order valence-electron chi connectivity index (χ2n) is 7.11. The highest BCUT2D eigenvalue weighted by atomic mass is 35.5. The molecule has 150 valence electrons. The van der Waals surface area contributed by atoms with E-state index in [9.17, 15) is 17.6 Å². The van der Waals surface area contributed by atoms with E-state index in [0.717, 1.165) is 17.7 Å². The van der Waals surface area contributed by atoms with Crippen LogP contribution in [0.15, 0.2) is 47.4 Å². The molecule has 4 nitrogen and oxygen atoms in total. The van der Waals surface area contributed by atoms with Gasteiger partial charge >= 0.3 is 0 Å². The van der Waals surface area contributed by atoms with Gasteiger partial charge in [0.05, 0.1) is 4.90 Å². The van der Waals surface area contributed by atoms with Gasteiger partial charge in [0, 0.05) is 16.6 Å². The molecule has 0 heterocycles. The second-order valence-corrected chi connectivity index (χ2v) is 9.76. The lowest BCUT2D eigenvalue weighted by atomic mass is 9.93. The summed E-state index contributed by atoms with van der Waals surface area (Å²) in [5.41, 5.74) is 0.800. The molecule has 1 fully saturated rings. The highest BCUT2D eigenvalue weighted by Crippen LogP contribution is 2.40. The van der Waals surface area contributed by atoms with Gasteiger partial charge in [-0.05, 0) is 68.5 Å². The van der Waals surface area contributed by atoms with Gasteiger partial charge in [0.15, 0.2) is 0 Å². The average Bonchev–Trinajstić information content (AvgIpc) is 2.62. The number of hydrogen-bond donors (Lipinski definition) is 1. The van der Waals surface area contributed by atoms with Gasteiger partial charge in [-0.3, -0.25) is 4.79 Å². The first-order chi connectivity index (χ1) is 13.1. The minimum atomic E-state index is -4.15. The van der Waals surface area contributed by atoms with Crippen LogP contribution in [-0.4, -0.2) is 25.4 Å². The van der Waals surface area contributed by atoms with Crippen molar-refractivity contribution in [2.45, 2.75) is 48.5 Å². The van der Waals surface area contributed by atoms with E-state index in [1.54, 1.807) is 19.1 Å². The van der Waals surface area contributed by atoms with Crippen LogP contribution in [0.5, 0.6) is 0 Å². The molecule has 0 radical (unpaired) electrons. The smallest absolute Gasteiger partial charge is 0.251 e. The quantitative estimate of drug-likeness (QED) is 0.775. The number of rotatable bonds is 4. The standard InChI is InChI=1S/C20H20ClF2NO3S/c1-13-3-2-4-18(9-13)28(26,27)20(23)7-5-17(6-8-20)24-19(25)14-10-15(21)12-16(22)11-14/h2-4,9-12,17H,5-8H2,1H3,(H,24,25). The SMILES string of the molecule is Cc1cccc(S(=O)(=O)C2(F)CCC(NC(=O)c3cc(F)cc(Cl)c3)CC2)c1. The number of benzene rings is 2. The summed E-state index contributed by atoms with van der Waals surface area (Å²) in [5, 5.41) is 0.429. The van der Waals surface area contributed by atoms with E-state index in [1.807, 2.05) is 0 Å². The Kier molecular flexibility index (Phi) is 5.77. The zero-order valence-electron chi connectivity index (χ0n) is 15.2. The molecular formula is C20H20ClF2NO3S. The van der Waals surface area contributed by atoms with Crippen molar-refractivity contribution in [2.75, 3.05) is 0 Å². The van der Waals surface area contributed by atoms with Crippen LogP contribution in [0, 0.1) is 12.7 Å². The molecule has 28 heavy (non-hydrogen) atoms. The maximum Gasteiger partial charge on any atom is 0.251 e. The van der Waals surface area contributed by atoms with Gasteiger partial charge in [-0.2, -0.15) is 0 Å². The van der Waals surface area contributed by atoms with Crippen LogP contribution >= 0.6 is 11.6 Å². The third kappa shape index (κ3) is 4.20. The minimum absolute atomic E-state index is 0.0353. The van der Waals surface area contributed by atoms with Crippen LogP contribution in [0.25, 0.3) is 0 Å². The number of sulfone groups is 1. The van der Waals surface area contributed by atoms with Crippen molar-refractivity contribution < 1.29 is 22.0 Å². The molecule has 0 aromatic heterocycles. The van der Waals surface area contributed by atoms with E-state index in [2.05, 4.69) is 5.32 Å². The summed E-state index contributed by atoms with van der Waals surface area (Å²) in [6, 6.07) is 9.27. The summed E-state index contributed by atoms with van der Waals surface area (Å²) < 4.78 is 54.3. The highest BCUT2D eigenvalue weighted by Gasteiger charge is 2.47. The number of alkyl halides is 1. The van der Waals surface area contributed by atoms with Crippen LogP contribution < -0.4 is 5.32 Å². The molecule has 1 aliphatic rings. The monoisotopic (exact) mass is 427 g/mol. The number of aryl methyl sites for hydroxylation is 1. The zero-order valence-corrected chi connectivity index (χ0v) is 16.8. The third-order valence-electron chi connectivity index (χ3n) is 4.97. The number of carbonyl (C=O) groups excluding carboxylic acids is 1. The molecule has 2 aromatic carbocycles. The lowest BCUT2D eigenvalue weighted by Gasteiger charge is -2.33. The van der Waals surface area contributed by atoms with Crippen molar-refractivity contribution >= 4 is 27.3 Å². The summed E-state index contributed by atoms with van der Waals surface area (Å²) in [5.74, 6) is -1.16. The van der Waals surface area contributed by atoms with Gasteiger partial charge in [-0.25, -0.2) is 17.2 Å². The first-order valence-electron chi connectivity index (χ1n) is 8.88. The summed E-state index contributed by atoms with van der Waals surface area (Å²) in [6.07, 6.45) is -0.122. The molecule has 0 spiro atoms. The fourth-order valence-electron chi connectivity index (χ4n) is 3.41. The van der Waals surface area contributed by atoms with Gasteiger partial charge in [0.25, 0.3) is 5.91 Å². The summed E-state index contributed by atoms with van der Waals surface area (Å²) in [7, 11) is -4.15. The highest BCUT2D eigenvalue weighted by molar-refractivity contribution is 7.92. The van der Waals surface area contributed by atoms with E-state index in [4.69, 9.17) is 11.6 Å². The summed E-state index contributed by atoms with van der Waals surface area (Å²) in [4.78, 5) is 12.3. The number of nitrogens with one attached hydrogen (secondary N) is 1. The maximum atomic E-state index is 15.3. The summed E-state index contributed by atoms with van der Waals surface area (Å²) in [6.45, 7) is 1.75. The van der Waals surface area contributed by atoms with Crippen molar-refractivity contribution in [2.24, 2.45) is 0 Å². The molecule has 8 heteroatoms. The van der Waals surface area contributed by atoms with Gasteiger partial charge in [-0.15, -0.1) is 0 Å². The fraction of sp³-hybridized carbons (Fsp3) is 0.350. The van der Waals surface area contributed by atoms with Crippen molar-refractivity contribution in [1.82, 2.24) is 5.32 Å². The molecule has 2 aromatic rings. The first-order valence-corrected chi connectivity index (χ1v) is 10.7. The lowest BCUT2D eigenvalue weighted by Crippen LogP contribution is -2.45. The predicted molar refractivity (Wildman–Crippen MR) is 103 cm³/mol. The van der Waals surface area contributed by atoms with Crippen molar-refractivity contribution in [3.05, 3.63) is 64.4 Å². The molecule has 0 bridgehead atoms. The van der Waals surface area contributed by atoms with Gasteiger partial charge in [0.1, 0.15) is 5.82 Å². The van der Waals surface area contributed by atoms with Crippen LogP contribution in [0.3, 0.4) is 0 Å². The normalized spacial score (nSPS) is 22.6. The Morgan fingerprint density at radius 2 is 1.86 bits per heavy atom. The number of carbonyl (C=O) groups is 1. The van der Waals surface area contributed by atoms with E-state index < -0.39 is 32.6 Å². The molecule has 0 unspecified atom stereocenters. The van der Waals surface area contributed by atoms with E-state index in [-0.39, 0.29) is 41.2 Å². The zero-order chi connectivity index (χ0) is 20.5. The Morgan fingerprint density at radius 1 is 1.18 bits per heavy atom. The molecule has 0 aliphatic heterocycles. The maximum absolute atomic E-state index is 15.3. The minimum Gasteiger partial charge on any atom is -0.349 e. The fourth-order valence-corrected chi connectivity index (χ4v) is 5.43. The van der Waals surface area contributed by atoms with Gasteiger partial charge < -0.3 is 5.32 Å². The lowest BCUT2D eigenvalue weighted by molar-refractivity contribution is 0.0905. The largest absolute Gasteiger partial charge is 0.349 e. The van der Waals surface area contributed by atoms with Crippen molar-refractivity contribution in [3.8, 4) is 0 Å². The molecule has 0 saturated heterocycles. The predicted octanol–water partition coefficient (Wildman–Crippen LogP) is 4.60. The second kappa shape index (κ2) is 7.79. The molecule has 1 N–H and O–H groups in total. The van der Waals surface area contributed by atoms with Crippen molar-refractivity contribution in [3.63, 3.8) is 0 Å². The van der Waals surface area contributed by atoms with Gasteiger partial charge in [-0.1, -0.05) is 23.7 Å². The van der Waals surface area contributed by atoms with E-state index in [0.29, 0.717) is 0 Å². The summed E-state index contributed by atoms with van der Waals surface area (Å²) >= 11 is 5.76. The third-order valence-corrected chi connectivity index (χ3v) is 7.44. The van der Waals surface area contributed by atoms with Crippen LogP contribution in [0.1, 0.15) is 41.6 Å². The number of amides is 1. The Morgan fingerprint density at radius 3 is 2.46 bits per heavy atom. The Bertz CT molecular complexity index is 982. The number of halogens is 3. The average molecular weight is 428 g/mol. The Labute approximate surface area is 167 Å². The molecule has 1 aliphatic carbocycles. The topological polar surface area (TPSA) is 63.2 Å². The first kappa shape index (κ1) is 20.7. The van der Waals surface area contributed by atoms with Gasteiger partial charge in [0.2, 0.25) is 14.8 Å². The van der Waals surface area contributed by atoms with Crippen LogP contribution in [-0.2, 0) is 9.84 Å². The van der Waals surface area contributed by atoms with Crippen LogP contribution in [0.4, 0.5) is 8.78 Å². The number of hydrogen-bond acceptors (Lipinski definition) is 3. The molecule has 3 rings (SSSR count).